The van der Waals surface area contributed by atoms with E-state index in [1.165, 1.54) is 5.56 Å². The lowest BCUT2D eigenvalue weighted by molar-refractivity contribution is -0.123. The Hall–Kier alpha value is -1.13. The van der Waals surface area contributed by atoms with Gasteiger partial charge < -0.3 is 0 Å². The topological polar surface area (TPSA) is 30.0 Å². The number of Topliss-reactive ketones (excluding diaryl/α,β-unsaturated/α-hetero) is 1. The molecule has 0 aliphatic rings. The van der Waals surface area contributed by atoms with E-state index in [4.69, 9.17) is 0 Å². The Labute approximate surface area is 135 Å². The Morgan fingerprint density at radius 2 is 1.95 bits per heavy atom. The van der Waals surface area contributed by atoms with Crippen molar-refractivity contribution in [3.05, 3.63) is 52.0 Å². The Bertz CT molecular complexity index is 584. The molecule has 0 atom stereocenters. The molecule has 0 radical (unpaired) electrons. The highest BCUT2D eigenvalue weighted by Crippen LogP contribution is 2.22. The highest BCUT2D eigenvalue weighted by Gasteiger charge is 2.20. The van der Waals surface area contributed by atoms with Crippen LogP contribution in [0, 0.1) is 5.41 Å². The van der Waals surface area contributed by atoms with Crippen LogP contribution in [0.2, 0.25) is 0 Å². The number of hydrogen-bond donors (Lipinski definition) is 0. The minimum atomic E-state index is -0.243. The maximum atomic E-state index is 11.9. The molecule has 21 heavy (non-hydrogen) atoms. The van der Waals surface area contributed by atoms with Gasteiger partial charge in [0.05, 0.1) is 16.5 Å². The molecule has 1 aromatic heterocycles. The first-order valence-corrected chi connectivity index (χ1v) is 9.07. The Morgan fingerprint density at radius 3 is 2.62 bits per heavy atom. The van der Waals surface area contributed by atoms with Crippen LogP contribution in [-0.4, -0.2) is 16.5 Å². The van der Waals surface area contributed by atoms with Gasteiger partial charge in [-0.3, -0.25) is 4.79 Å². The second-order valence-electron chi connectivity index (χ2n) is 6.06. The van der Waals surface area contributed by atoms with Gasteiger partial charge in [0, 0.05) is 23.0 Å². The lowest BCUT2D eigenvalue weighted by Crippen LogP contribution is -2.22. The molecule has 0 saturated carbocycles. The van der Waals surface area contributed by atoms with E-state index < -0.39 is 0 Å². The summed E-state index contributed by atoms with van der Waals surface area (Å²) in [4.78, 5) is 16.5. The van der Waals surface area contributed by atoms with E-state index in [1.54, 1.807) is 23.1 Å². The van der Waals surface area contributed by atoms with Gasteiger partial charge in [-0.05, 0) is 5.56 Å². The summed E-state index contributed by atoms with van der Waals surface area (Å²) in [6.45, 7) is 5.91. The van der Waals surface area contributed by atoms with Crippen molar-refractivity contribution < 1.29 is 4.79 Å². The normalized spacial score (nSPS) is 11.6. The summed E-state index contributed by atoms with van der Waals surface area (Å²) in [6, 6.07) is 10.4. The van der Waals surface area contributed by atoms with Crippen LogP contribution in [-0.2, 0) is 17.0 Å². The van der Waals surface area contributed by atoms with Gasteiger partial charge in [0.15, 0.2) is 0 Å². The lowest BCUT2D eigenvalue weighted by atomic mass is 9.92. The number of ketones is 1. The number of carbonyl (C=O) groups excluding carboxylic acids is 1. The average Bonchev–Trinajstić information content (AvgIpc) is 2.86. The second-order valence-corrected chi connectivity index (χ2v) is 7.99. The third kappa shape index (κ3) is 5.29. The molecule has 0 aliphatic heterocycles. The van der Waals surface area contributed by atoms with E-state index in [9.17, 15) is 4.79 Å². The zero-order valence-corrected chi connectivity index (χ0v) is 14.4. The zero-order chi connectivity index (χ0) is 15.3. The van der Waals surface area contributed by atoms with Crippen molar-refractivity contribution in [1.29, 1.82) is 0 Å². The predicted octanol–water partition coefficient (Wildman–Crippen LogP) is 4.58. The number of carbonyl (C=O) groups is 1. The van der Waals surface area contributed by atoms with Crippen LogP contribution in [0.25, 0.3) is 0 Å². The molecule has 0 bridgehead atoms. The fraction of sp³-hybridized carbons (Fsp3) is 0.412. The van der Waals surface area contributed by atoms with Gasteiger partial charge in [-0.15, -0.1) is 23.1 Å². The van der Waals surface area contributed by atoms with Crippen LogP contribution in [0.4, 0.5) is 0 Å². The van der Waals surface area contributed by atoms with Crippen LogP contribution in [0.3, 0.4) is 0 Å². The summed E-state index contributed by atoms with van der Waals surface area (Å²) >= 11 is 3.35. The fourth-order valence-electron chi connectivity index (χ4n) is 1.73. The molecule has 0 unspecified atom stereocenters. The van der Waals surface area contributed by atoms with Crippen LogP contribution < -0.4 is 0 Å². The molecule has 4 heteroatoms. The predicted molar refractivity (Wildman–Crippen MR) is 92.0 cm³/mol. The monoisotopic (exact) mass is 319 g/mol. The number of rotatable bonds is 6. The molecule has 2 nitrogen and oxygen atoms in total. The summed E-state index contributed by atoms with van der Waals surface area (Å²) in [7, 11) is 0. The largest absolute Gasteiger partial charge is 0.298 e. The van der Waals surface area contributed by atoms with E-state index in [2.05, 4.69) is 34.6 Å². The number of thioether (sulfide) groups is 1. The fourth-order valence-corrected chi connectivity index (χ4v) is 3.74. The summed E-state index contributed by atoms with van der Waals surface area (Å²) < 4.78 is 0. The Balaban J connectivity index is 1.82. The second kappa shape index (κ2) is 7.23. The molecule has 0 aliphatic carbocycles. The quantitative estimate of drug-likeness (QED) is 0.780. The first kappa shape index (κ1) is 16.2. The summed E-state index contributed by atoms with van der Waals surface area (Å²) in [6.07, 6.45) is 0.886. The smallest absolute Gasteiger partial charge is 0.148 e. The van der Waals surface area contributed by atoms with E-state index in [0.717, 1.165) is 22.9 Å². The molecule has 0 N–H and O–H groups in total. The van der Waals surface area contributed by atoms with E-state index in [0.29, 0.717) is 11.5 Å². The van der Waals surface area contributed by atoms with E-state index in [-0.39, 0.29) is 5.41 Å². The van der Waals surface area contributed by atoms with Crippen molar-refractivity contribution in [2.24, 2.45) is 5.41 Å². The number of nitrogens with zero attached hydrogens (tertiary/aromatic N) is 1. The van der Waals surface area contributed by atoms with E-state index >= 15 is 0 Å². The maximum Gasteiger partial charge on any atom is 0.148 e. The standard InChI is InChI=1S/C17H21NOS2/c1-17(2,3)15(19)12-20-10-14-11-21-16(18-14)9-13-7-5-4-6-8-13/h4-8,11H,9-10,12H2,1-3H3. The third-order valence-corrected chi connectivity index (χ3v) is 4.98. The lowest BCUT2D eigenvalue weighted by Gasteiger charge is -2.15. The molecular formula is C17H21NOS2. The van der Waals surface area contributed by atoms with Crippen molar-refractivity contribution in [3.63, 3.8) is 0 Å². The maximum absolute atomic E-state index is 11.9. The minimum Gasteiger partial charge on any atom is -0.298 e. The number of benzene rings is 1. The van der Waals surface area contributed by atoms with Crippen LogP contribution in [0.1, 0.15) is 37.0 Å². The summed E-state index contributed by atoms with van der Waals surface area (Å²) in [5, 5.41) is 3.24. The number of hydrogen-bond acceptors (Lipinski definition) is 4. The first-order chi connectivity index (χ1) is 9.95. The average molecular weight is 319 g/mol. The molecular weight excluding hydrogens is 298 g/mol. The van der Waals surface area contributed by atoms with Gasteiger partial charge in [0.25, 0.3) is 0 Å². The molecule has 1 aromatic carbocycles. The summed E-state index contributed by atoms with van der Waals surface area (Å²) in [5.74, 6) is 1.68. The van der Waals surface area contributed by atoms with Gasteiger partial charge in [-0.2, -0.15) is 0 Å². The molecule has 2 rings (SSSR count). The molecule has 0 amide bonds. The minimum absolute atomic E-state index is 0.243. The molecule has 112 valence electrons. The van der Waals surface area contributed by atoms with Crippen molar-refractivity contribution in [3.8, 4) is 0 Å². The molecule has 0 fully saturated rings. The highest BCUT2D eigenvalue weighted by atomic mass is 32.2. The van der Waals surface area contributed by atoms with Crippen LogP contribution in [0.15, 0.2) is 35.7 Å². The Kier molecular flexibility index (Phi) is 5.59. The number of thiazole rings is 1. The Morgan fingerprint density at radius 1 is 1.24 bits per heavy atom. The van der Waals surface area contributed by atoms with E-state index in [1.807, 2.05) is 26.8 Å². The highest BCUT2D eigenvalue weighted by molar-refractivity contribution is 7.99. The van der Waals surface area contributed by atoms with Gasteiger partial charge in [0.1, 0.15) is 5.78 Å². The zero-order valence-electron chi connectivity index (χ0n) is 12.8. The molecule has 2 aromatic rings. The van der Waals surface area contributed by atoms with Crippen LogP contribution in [0.5, 0.6) is 0 Å². The van der Waals surface area contributed by atoms with Crippen molar-refractivity contribution in [2.45, 2.75) is 32.9 Å². The first-order valence-electron chi connectivity index (χ1n) is 7.03. The van der Waals surface area contributed by atoms with Crippen molar-refractivity contribution in [2.75, 3.05) is 5.75 Å². The van der Waals surface area contributed by atoms with Gasteiger partial charge in [-0.1, -0.05) is 51.1 Å². The summed E-state index contributed by atoms with van der Waals surface area (Å²) in [5.41, 5.74) is 2.12. The van der Waals surface area contributed by atoms with Crippen molar-refractivity contribution in [1.82, 2.24) is 4.98 Å². The van der Waals surface area contributed by atoms with Crippen molar-refractivity contribution >= 4 is 28.9 Å². The third-order valence-electron chi connectivity index (χ3n) is 3.12. The molecule has 0 spiro atoms. The van der Waals surface area contributed by atoms with Gasteiger partial charge >= 0.3 is 0 Å². The number of aromatic nitrogens is 1. The van der Waals surface area contributed by atoms with Gasteiger partial charge in [0.2, 0.25) is 0 Å². The molecule has 0 saturated heterocycles. The molecule has 1 heterocycles. The van der Waals surface area contributed by atoms with Crippen LogP contribution >= 0.6 is 23.1 Å². The SMILES string of the molecule is CC(C)(C)C(=O)CSCc1csc(Cc2ccccc2)n1. The van der Waals surface area contributed by atoms with Gasteiger partial charge in [-0.25, -0.2) is 4.98 Å².